The Morgan fingerprint density at radius 2 is 1.86 bits per heavy atom. The molecule has 2 aliphatic heterocycles. The van der Waals surface area contributed by atoms with Crippen LogP contribution in [0.4, 0.5) is 8.78 Å². The summed E-state index contributed by atoms with van der Waals surface area (Å²) in [5.74, 6) is -2.98. The predicted molar refractivity (Wildman–Crippen MR) is 52.5 cm³/mol. The highest BCUT2D eigenvalue weighted by molar-refractivity contribution is 5.05. The van der Waals surface area contributed by atoms with Crippen molar-refractivity contribution in [3.8, 4) is 0 Å². The van der Waals surface area contributed by atoms with Gasteiger partial charge < -0.3 is 5.32 Å². The molecule has 0 radical (unpaired) electrons. The fraction of sp³-hybridized carbons (Fsp3) is 1.00. The van der Waals surface area contributed by atoms with E-state index in [9.17, 15) is 8.78 Å². The smallest absolute Gasteiger partial charge is 0.254 e. The molecule has 2 fully saturated rings. The van der Waals surface area contributed by atoms with Crippen LogP contribution < -0.4 is 5.32 Å². The van der Waals surface area contributed by atoms with Gasteiger partial charge in [-0.25, -0.2) is 8.78 Å². The minimum Gasteiger partial charge on any atom is -0.310 e. The van der Waals surface area contributed by atoms with Gasteiger partial charge in [0.25, 0.3) is 5.92 Å². The van der Waals surface area contributed by atoms with Crippen molar-refractivity contribution in [2.45, 2.75) is 58.0 Å². The number of alkyl halides is 2. The molecular weight excluding hydrogens is 184 g/mol. The van der Waals surface area contributed by atoms with E-state index in [1.807, 2.05) is 20.8 Å². The normalized spacial score (nSPS) is 41.4. The molecular formula is C11H19F2N. The second-order valence-corrected chi connectivity index (χ2v) is 5.86. The Labute approximate surface area is 84.3 Å². The van der Waals surface area contributed by atoms with Crippen LogP contribution in [0.1, 0.15) is 40.0 Å². The zero-order valence-electron chi connectivity index (χ0n) is 9.11. The Hall–Kier alpha value is -0.180. The van der Waals surface area contributed by atoms with Crippen molar-refractivity contribution in [3.05, 3.63) is 0 Å². The van der Waals surface area contributed by atoms with E-state index >= 15 is 0 Å². The summed E-state index contributed by atoms with van der Waals surface area (Å²) in [5, 5.41) is 3.32. The number of halogens is 2. The molecule has 2 bridgehead atoms. The van der Waals surface area contributed by atoms with Gasteiger partial charge >= 0.3 is 0 Å². The molecule has 1 N–H and O–H groups in total. The van der Waals surface area contributed by atoms with E-state index in [2.05, 4.69) is 5.32 Å². The average Bonchev–Trinajstić information content (AvgIpc) is 2.26. The van der Waals surface area contributed by atoms with Gasteiger partial charge in [0.05, 0.1) is 0 Å². The summed E-state index contributed by atoms with van der Waals surface area (Å²) in [4.78, 5) is 0. The predicted octanol–water partition coefficient (Wildman–Crippen LogP) is 2.81. The van der Waals surface area contributed by atoms with Gasteiger partial charge in [-0.2, -0.15) is 0 Å². The molecule has 2 aliphatic rings. The lowest BCUT2D eigenvalue weighted by Gasteiger charge is -2.44. The van der Waals surface area contributed by atoms with Crippen molar-refractivity contribution >= 4 is 0 Å². The van der Waals surface area contributed by atoms with E-state index in [0.29, 0.717) is 0 Å². The van der Waals surface area contributed by atoms with Gasteiger partial charge in [0, 0.05) is 24.4 Å². The van der Waals surface area contributed by atoms with Gasteiger partial charge in [-0.15, -0.1) is 0 Å². The van der Waals surface area contributed by atoms with E-state index in [-0.39, 0.29) is 23.9 Å². The highest BCUT2D eigenvalue weighted by Crippen LogP contribution is 2.49. The van der Waals surface area contributed by atoms with Crippen LogP contribution >= 0.6 is 0 Å². The summed E-state index contributed by atoms with van der Waals surface area (Å²) in [5.41, 5.74) is -0.309. The fourth-order valence-corrected chi connectivity index (χ4v) is 3.26. The van der Waals surface area contributed by atoms with E-state index in [0.717, 1.165) is 12.8 Å². The molecule has 0 aliphatic carbocycles. The van der Waals surface area contributed by atoms with Crippen molar-refractivity contribution in [1.29, 1.82) is 0 Å². The summed E-state index contributed by atoms with van der Waals surface area (Å²) >= 11 is 0. The monoisotopic (exact) mass is 203 g/mol. The van der Waals surface area contributed by atoms with Crippen molar-refractivity contribution in [1.82, 2.24) is 5.32 Å². The molecule has 2 saturated heterocycles. The van der Waals surface area contributed by atoms with Crippen LogP contribution in [0, 0.1) is 11.3 Å². The molecule has 82 valence electrons. The highest BCUT2D eigenvalue weighted by atomic mass is 19.3. The van der Waals surface area contributed by atoms with Gasteiger partial charge in [-0.05, 0) is 18.3 Å². The first kappa shape index (κ1) is 10.3. The maximum absolute atomic E-state index is 13.9. The Morgan fingerprint density at radius 1 is 1.21 bits per heavy atom. The van der Waals surface area contributed by atoms with Crippen LogP contribution in [-0.2, 0) is 0 Å². The Kier molecular flexibility index (Phi) is 2.15. The van der Waals surface area contributed by atoms with Gasteiger partial charge in [-0.3, -0.25) is 0 Å². The molecule has 0 amide bonds. The third-order valence-corrected chi connectivity index (χ3v) is 3.58. The molecule has 1 nitrogen and oxygen atoms in total. The van der Waals surface area contributed by atoms with Crippen LogP contribution in [0.2, 0.25) is 0 Å². The number of fused-ring (bicyclic) bond motifs is 2. The lowest BCUT2D eigenvalue weighted by molar-refractivity contribution is -0.133. The lowest BCUT2D eigenvalue weighted by Crippen LogP contribution is -2.56. The topological polar surface area (TPSA) is 12.0 Å². The van der Waals surface area contributed by atoms with Crippen molar-refractivity contribution < 1.29 is 8.78 Å². The molecule has 3 heteroatoms. The molecule has 0 saturated carbocycles. The maximum atomic E-state index is 13.9. The summed E-state index contributed by atoms with van der Waals surface area (Å²) < 4.78 is 27.7. The second-order valence-electron chi connectivity index (χ2n) is 5.86. The lowest BCUT2D eigenvalue weighted by atomic mass is 9.70. The first-order chi connectivity index (χ1) is 6.31. The van der Waals surface area contributed by atoms with E-state index in [1.54, 1.807) is 0 Å². The molecule has 14 heavy (non-hydrogen) atoms. The SMILES string of the molecule is CC(C)(C)C1C2CCC(CC1(F)F)N2. The van der Waals surface area contributed by atoms with Gasteiger partial charge in [0.2, 0.25) is 0 Å². The van der Waals surface area contributed by atoms with E-state index in [1.165, 1.54) is 0 Å². The first-order valence-corrected chi connectivity index (χ1v) is 5.44. The van der Waals surface area contributed by atoms with Crippen LogP contribution in [0.5, 0.6) is 0 Å². The zero-order valence-corrected chi connectivity index (χ0v) is 9.11. The van der Waals surface area contributed by atoms with Gasteiger partial charge in [0.1, 0.15) is 0 Å². The molecule has 3 unspecified atom stereocenters. The number of hydrogen-bond donors (Lipinski definition) is 1. The first-order valence-electron chi connectivity index (χ1n) is 5.44. The highest BCUT2D eigenvalue weighted by Gasteiger charge is 2.56. The molecule has 0 spiro atoms. The fourth-order valence-electron chi connectivity index (χ4n) is 3.26. The summed E-state index contributed by atoms with van der Waals surface area (Å²) in [7, 11) is 0. The maximum Gasteiger partial charge on any atom is 0.254 e. The number of rotatable bonds is 0. The number of nitrogens with one attached hydrogen (secondary N) is 1. The standard InChI is InChI=1S/C11H19F2N/c1-10(2,3)9-8-5-4-7(14-8)6-11(9,12)13/h7-9,14H,4-6H2,1-3H3. The van der Waals surface area contributed by atoms with Gasteiger partial charge in [0.15, 0.2) is 0 Å². The van der Waals surface area contributed by atoms with Crippen molar-refractivity contribution in [2.75, 3.05) is 0 Å². The summed E-state index contributed by atoms with van der Waals surface area (Å²) in [6, 6.07) is 0.0948. The van der Waals surface area contributed by atoms with Crippen molar-refractivity contribution in [3.63, 3.8) is 0 Å². The molecule has 0 aromatic heterocycles. The summed E-state index contributed by atoms with van der Waals surface area (Å²) in [6.07, 6.45) is 1.88. The van der Waals surface area contributed by atoms with E-state index in [4.69, 9.17) is 0 Å². The molecule has 3 atom stereocenters. The van der Waals surface area contributed by atoms with Crippen LogP contribution in [0.15, 0.2) is 0 Å². The molecule has 0 aromatic carbocycles. The minimum absolute atomic E-state index is 0.0312. The van der Waals surface area contributed by atoms with E-state index < -0.39 is 11.8 Å². The van der Waals surface area contributed by atoms with Crippen LogP contribution in [-0.4, -0.2) is 18.0 Å². The molecule has 0 aromatic rings. The van der Waals surface area contributed by atoms with Crippen LogP contribution in [0.25, 0.3) is 0 Å². The minimum atomic E-state index is -2.48. The Morgan fingerprint density at radius 3 is 2.43 bits per heavy atom. The third-order valence-electron chi connectivity index (χ3n) is 3.58. The Bertz CT molecular complexity index is 232. The van der Waals surface area contributed by atoms with Crippen LogP contribution in [0.3, 0.4) is 0 Å². The van der Waals surface area contributed by atoms with Crippen molar-refractivity contribution in [2.24, 2.45) is 11.3 Å². The van der Waals surface area contributed by atoms with Gasteiger partial charge in [-0.1, -0.05) is 20.8 Å². The number of piperidine rings is 1. The summed E-state index contributed by atoms with van der Waals surface area (Å²) in [6.45, 7) is 5.77. The third kappa shape index (κ3) is 1.56. The second kappa shape index (κ2) is 2.91. The largest absolute Gasteiger partial charge is 0.310 e. The molecule has 2 rings (SSSR count). The Balaban J connectivity index is 2.27. The average molecular weight is 203 g/mol. The molecule has 2 heterocycles. The quantitative estimate of drug-likeness (QED) is 0.638. The zero-order chi connectivity index (χ0) is 10.6. The number of hydrogen-bond acceptors (Lipinski definition) is 1.